The average molecular weight is 565 g/mol. The Morgan fingerprint density at radius 1 is 1.21 bits per heavy atom. The van der Waals surface area contributed by atoms with Crippen molar-refractivity contribution >= 4 is 74.3 Å². The number of nitrogens with zero attached hydrogens (tertiary/aromatic N) is 2. The molecule has 2 heterocycles. The number of carbonyl (C=O) groups is 3. The number of carbonyl (C=O) groups excluding carboxylic acids is 3. The highest BCUT2D eigenvalue weighted by atomic mass is 79.9. The van der Waals surface area contributed by atoms with E-state index in [9.17, 15) is 14.4 Å². The molecule has 0 unspecified atom stereocenters. The van der Waals surface area contributed by atoms with Gasteiger partial charge in [-0.1, -0.05) is 23.7 Å². The van der Waals surface area contributed by atoms with E-state index >= 15 is 0 Å². The lowest BCUT2D eigenvalue weighted by atomic mass is 10.1. The zero-order valence-corrected chi connectivity index (χ0v) is 20.9. The monoisotopic (exact) mass is 563 g/mol. The molecule has 2 aliphatic heterocycles. The fourth-order valence-corrected chi connectivity index (χ4v) is 4.42. The summed E-state index contributed by atoms with van der Waals surface area (Å²) in [6.45, 7) is 2.02. The molecular formula is C23H19BrClN3O5S. The summed E-state index contributed by atoms with van der Waals surface area (Å²) >= 11 is 14.7. The Kier molecular flexibility index (Phi) is 7.62. The van der Waals surface area contributed by atoms with Crippen LogP contribution in [0.5, 0.6) is 5.75 Å². The number of benzene rings is 2. The van der Waals surface area contributed by atoms with Crippen molar-refractivity contribution in [3.63, 3.8) is 0 Å². The molecule has 3 amide bonds. The predicted octanol–water partition coefficient (Wildman–Crippen LogP) is 3.17. The van der Waals surface area contributed by atoms with Crippen LogP contribution in [0.25, 0.3) is 6.08 Å². The summed E-state index contributed by atoms with van der Waals surface area (Å²) in [4.78, 5) is 40.8. The maximum absolute atomic E-state index is 13.1. The SMILES string of the molecule is O=C1NC(=S)N(c2cccc(Cl)c2)C(=O)/C1=C/c1ccc(OCC(=O)N2CCOCC2)c(Br)c1. The van der Waals surface area contributed by atoms with Crippen LogP contribution in [0.15, 0.2) is 52.5 Å². The van der Waals surface area contributed by atoms with Crippen LogP contribution in [-0.4, -0.2) is 60.6 Å². The molecule has 2 fully saturated rings. The molecule has 0 radical (unpaired) electrons. The molecule has 8 nitrogen and oxygen atoms in total. The molecule has 0 aromatic heterocycles. The molecule has 4 rings (SSSR count). The van der Waals surface area contributed by atoms with E-state index in [4.69, 9.17) is 33.3 Å². The number of hydrogen-bond acceptors (Lipinski definition) is 6. The molecule has 0 aliphatic carbocycles. The van der Waals surface area contributed by atoms with Gasteiger partial charge in [0.2, 0.25) is 0 Å². The Morgan fingerprint density at radius 2 is 1.97 bits per heavy atom. The van der Waals surface area contributed by atoms with Crippen LogP contribution in [0.2, 0.25) is 5.02 Å². The van der Waals surface area contributed by atoms with E-state index < -0.39 is 11.8 Å². The Hall–Kier alpha value is -2.79. The molecule has 2 aliphatic rings. The minimum atomic E-state index is -0.596. The molecular weight excluding hydrogens is 546 g/mol. The molecule has 0 atom stereocenters. The summed E-state index contributed by atoms with van der Waals surface area (Å²) in [6.07, 6.45) is 1.46. The van der Waals surface area contributed by atoms with E-state index in [1.807, 2.05) is 0 Å². The van der Waals surface area contributed by atoms with E-state index in [2.05, 4.69) is 21.2 Å². The van der Waals surface area contributed by atoms with E-state index in [1.165, 1.54) is 11.0 Å². The fourth-order valence-electron chi connectivity index (χ4n) is 3.44. The number of hydrogen-bond donors (Lipinski definition) is 1. The Morgan fingerprint density at radius 3 is 2.68 bits per heavy atom. The Bertz CT molecular complexity index is 1200. The third-order valence-corrected chi connectivity index (χ3v) is 6.29. The number of thiocarbonyl (C=S) groups is 1. The van der Waals surface area contributed by atoms with Crippen molar-refractivity contribution < 1.29 is 23.9 Å². The van der Waals surface area contributed by atoms with Crippen molar-refractivity contribution in [2.75, 3.05) is 37.8 Å². The first-order chi connectivity index (χ1) is 16.3. The maximum atomic E-state index is 13.1. The fraction of sp³-hybridized carbons (Fsp3) is 0.217. The van der Waals surface area contributed by atoms with Crippen LogP contribution in [0.1, 0.15) is 5.56 Å². The highest BCUT2D eigenvalue weighted by Crippen LogP contribution is 2.29. The second-order valence-electron chi connectivity index (χ2n) is 7.41. The minimum Gasteiger partial charge on any atom is -0.483 e. The number of rotatable bonds is 5. The van der Waals surface area contributed by atoms with E-state index in [1.54, 1.807) is 47.4 Å². The zero-order valence-electron chi connectivity index (χ0n) is 17.8. The van der Waals surface area contributed by atoms with Gasteiger partial charge in [-0.05, 0) is 70.1 Å². The molecule has 1 N–H and O–H groups in total. The molecule has 0 saturated carbocycles. The number of morpholine rings is 1. The molecule has 34 heavy (non-hydrogen) atoms. The van der Waals surface area contributed by atoms with Crippen molar-refractivity contribution in [1.29, 1.82) is 0 Å². The van der Waals surface area contributed by atoms with Crippen molar-refractivity contribution in [2.45, 2.75) is 0 Å². The highest BCUT2D eigenvalue weighted by molar-refractivity contribution is 9.10. The van der Waals surface area contributed by atoms with Gasteiger partial charge in [0.1, 0.15) is 11.3 Å². The van der Waals surface area contributed by atoms with Crippen molar-refractivity contribution in [3.05, 3.63) is 63.1 Å². The largest absolute Gasteiger partial charge is 0.483 e. The van der Waals surface area contributed by atoms with E-state index in [-0.39, 0.29) is 23.2 Å². The van der Waals surface area contributed by atoms with Crippen LogP contribution < -0.4 is 15.0 Å². The number of nitrogens with one attached hydrogen (secondary N) is 1. The number of ether oxygens (including phenoxy) is 2. The lowest BCUT2D eigenvalue weighted by Crippen LogP contribution is -2.54. The van der Waals surface area contributed by atoms with Crippen LogP contribution in [-0.2, 0) is 19.1 Å². The third-order valence-electron chi connectivity index (χ3n) is 5.15. The molecule has 2 aromatic carbocycles. The average Bonchev–Trinajstić information content (AvgIpc) is 2.81. The van der Waals surface area contributed by atoms with Gasteiger partial charge in [-0.15, -0.1) is 0 Å². The molecule has 0 spiro atoms. The van der Waals surface area contributed by atoms with Crippen LogP contribution in [0.4, 0.5) is 5.69 Å². The summed E-state index contributed by atoms with van der Waals surface area (Å²) in [5.74, 6) is -0.822. The van der Waals surface area contributed by atoms with Gasteiger partial charge in [0.15, 0.2) is 11.7 Å². The van der Waals surface area contributed by atoms with E-state index in [0.717, 1.165) is 0 Å². The zero-order chi connectivity index (χ0) is 24.2. The van der Waals surface area contributed by atoms with Crippen LogP contribution in [0, 0.1) is 0 Å². The van der Waals surface area contributed by atoms with Gasteiger partial charge >= 0.3 is 0 Å². The maximum Gasteiger partial charge on any atom is 0.270 e. The minimum absolute atomic E-state index is 0.0238. The lowest BCUT2D eigenvalue weighted by molar-refractivity contribution is -0.137. The molecule has 2 saturated heterocycles. The predicted molar refractivity (Wildman–Crippen MR) is 135 cm³/mol. The number of anilines is 1. The van der Waals surface area contributed by atoms with Gasteiger partial charge in [0, 0.05) is 18.1 Å². The summed E-state index contributed by atoms with van der Waals surface area (Å²) in [5.41, 5.74) is 0.941. The number of halogens is 2. The molecule has 11 heteroatoms. The van der Waals surface area contributed by atoms with Gasteiger partial charge in [0.25, 0.3) is 17.7 Å². The van der Waals surface area contributed by atoms with Crippen molar-refractivity contribution in [3.8, 4) is 5.75 Å². The second kappa shape index (κ2) is 10.6. The third kappa shape index (κ3) is 5.47. The summed E-state index contributed by atoms with van der Waals surface area (Å²) < 4.78 is 11.5. The van der Waals surface area contributed by atoms with Gasteiger partial charge in [0.05, 0.1) is 23.4 Å². The van der Waals surface area contributed by atoms with Crippen molar-refractivity contribution in [1.82, 2.24) is 10.2 Å². The quantitative estimate of drug-likeness (QED) is 0.341. The first kappa shape index (κ1) is 24.3. The highest BCUT2D eigenvalue weighted by Gasteiger charge is 2.34. The standard InChI is InChI=1S/C23H19BrClN3O5S/c24-18-11-14(4-5-19(18)33-13-20(29)27-6-8-32-9-7-27)10-17-21(30)26-23(34)28(22(17)31)16-3-1-2-15(25)12-16/h1-5,10-12H,6-9,13H2,(H,26,30,34)/b17-10+. The smallest absolute Gasteiger partial charge is 0.270 e. The second-order valence-corrected chi connectivity index (χ2v) is 9.09. The molecule has 176 valence electrons. The molecule has 2 aromatic rings. The van der Waals surface area contributed by atoms with Gasteiger partial charge in [-0.25, -0.2) is 0 Å². The lowest BCUT2D eigenvalue weighted by Gasteiger charge is -2.29. The number of amides is 3. The van der Waals surface area contributed by atoms with Crippen LogP contribution >= 0.6 is 39.7 Å². The first-order valence-electron chi connectivity index (χ1n) is 10.3. The summed E-state index contributed by atoms with van der Waals surface area (Å²) in [5, 5.41) is 2.95. The summed E-state index contributed by atoms with van der Waals surface area (Å²) in [7, 11) is 0. The van der Waals surface area contributed by atoms with Gasteiger partial charge in [-0.3, -0.25) is 24.6 Å². The van der Waals surface area contributed by atoms with Gasteiger partial charge < -0.3 is 14.4 Å². The van der Waals surface area contributed by atoms with E-state index in [0.29, 0.717) is 52.8 Å². The van der Waals surface area contributed by atoms with Crippen molar-refractivity contribution in [2.24, 2.45) is 0 Å². The topological polar surface area (TPSA) is 88.2 Å². The summed E-state index contributed by atoms with van der Waals surface area (Å²) in [6, 6.07) is 11.7. The Balaban J connectivity index is 1.50. The first-order valence-corrected chi connectivity index (χ1v) is 11.9. The Labute approximate surface area is 214 Å². The van der Waals surface area contributed by atoms with Crippen LogP contribution in [0.3, 0.4) is 0 Å². The molecule has 0 bridgehead atoms. The normalized spacial score (nSPS) is 17.7. The van der Waals surface area contributed by atoms with Gasteiger partial charge in [-0.2, -0.15) is 0 Å².